The Labute approximate surface area is 149 Å². The highest BCUT2D eigenvalue weighted by Gasteiger charge is 2.23. The topological polar surface area (TPSA) is 133 Å². The Kier molecular flexibility index (Phi) is 4.74. The number of esters is 1. The van der Waals surface area contributed by atoms with E-state index in [0.717, 1.165) is 0 Å². The van der Waals surface area contributed by atoms with Crippen LogP contribution in [0.15, 0.2) is 29.0 Å². The molecular weight excluding hydrogens is 338 g/mol. The zero-order valence-corrected chi connectivity index (χ0v) is 14.5. The Hall–Kier alpha value is -3.56. The number of ether oxygens (including phenoxy) is 1. The zero-order chi connectivity index (χ0) is 18.7. The molecule has 0 fully saturated rings. The standard InChI is InChI=1S/C16H17N7O3/c1-9-12(13(22-26-9)10-4-6-18-7-5-10)14(24)25-8-11-19-15(17)21-16(20-11)23(2)3/h4-7H,8H2,1-3H3,(H2,17,19,20,21). The third kappa shape index (κ3) is 3.58. The Balaban J connectivity index is 1.81. The lowest BCUT2D eigenvalue weighted by atomic mass is 10.1. The summed E-state index contributed by atoms with van der Waals surface area (Å²) in [7, 11) is 3.54. The normalized spacial score (nSPS) is 10.6. The molecule has 26 heavy (non-hydrogen) atoms. The van der Waals surface area contributed by atoms with Crippen LogP contribution in [0, 0.1) is 6.92 Å². The maximum Gasteiger partial charge on any atom is 0.344 e. The maximum atomic E-state index is 12.5. The lowest BCUT2D eigenvalue weighted by Gasteiger charge is -2.11. The molecule has 0 amide bonds. The Morgan fingerprint density at radius 3 is 2.65 bits per heavy atom. The summed E-state index contributed by atoms with van der Waals surface area (Å²) in [6, 6.07) is 3.45. The summed E-state index contributed by atoms with van der Waals surface area (Å²) in [5, 5.41) is 3.94. The Morgan fingerprint density at radius 1 is 1.23 bits per heavy atom. The number of rotatable bonds is 5. The van der Waals surface area contributed by atoms with E-state index in [1.807, 2.05) is 0 Å². The lowest BCUT2D eigenvalue weighted by Crippen LogP contribution is -2.17. The van der Waals surface area contributed by atoms with Crippen molar-refractivity contribution in [2.75, 3.05) is 24.7 Å². The van der Waals surface area contributed by atoms with Crippen LogP contribution >= 0.6 is 0 Å². The molecule has 0 saturated heterocycles. The predicted molar refractivity (Wildman–Crippen MR) is 92.2 cm³/mol. The number of aryl methyl sites for hydroxylation is 1. The first kappa shape index (κ1) is 17.3. The van der Waals surface area contributed by atoms with Crippen LogP contribution in [0.3, 0.4) is 0 Å². The first-order valence-corrected chi connectivity index (χ1v) is 7.67. The van der Waals surface area contributed by atoms with E-state index in [1.54, 1.807) is 50.4 Å². The number of anilines is 2. The molecule has 0 aliphatic heterocycles. The van der Waals surface area contributed by atoms with Crippen LogP contribution in [0.1, 0.15) is 21.9 Å². The van der Waals surface area contributed by atoms with Crippen molar-refractivity contribution in [1.29, 1.82) is 0 Å². The second-order valence-corrected chi connectivity index (χ2v) is 5.58. The van der Waals surface area contributed by atoms with Crippen LogP contribution in [-0.4, -0.2) is 45.2 Å². The van der Waals surface area contributed by atoms with Crippen molar-refractivity contribution < 1.29 is 14.1 Å². The second-order valence-electron chi connectivity index (χ2n) is 5.58. The van der Waals surface area contributed by atoms with Crippen LogP contribution < -0.4 is 10.6 Å². The third-order valence-electron chi connectivity index (χ3n) is 3.44. The van der Waals surface area contributed by atoms with Gasteiger partial charge in [0.25, 0.3) is 0 Å². The van der Waals surface area contributed by atoms with E-state index in [-0.39, 0.29) is 23.9 Å². The van der Waals surface area contributed by atoms with Crippen molar-refractivity contribution in [3.8, 4) is 11.3 Å². The molecule has 134 valence electrons. The van der Waals surface area contributed by atoms with Crippen LogP contribution in [0.5, 0.6) is 0 Å². The largest absolute Gasteiger partial charge is 0.454 e. The summed E-state index contributed by atoms with van der Waals surface area (Å²) < 4.78 is 10.5. The molecule has 3 aromatic heterocycles. The van der Waals surface area contributed by atoms with E-state index in [4.69, 9.17) is 15.0 Å². The highest BCUT2D eigenvalue weighted by Crippen LogP contribution is 2.25. The van der Waals surface area contributed by atoms with Gasteiger partial charge >= 0.3 is 5.97 Å². The SMILES string of the molecule is Cc1onc(-c2ccncc2)c1C(=O)OCc1nc(N)nc(N(C)C)n1. The summed E-state index contributed by atoms with van der Waals surface area (Å²) in [6.07, 6.45) is 3.20. The second kappa shape index (κ2) is 7.13. The first-order valence-electron chi connectivity index (χ1n) is 7.67. The van der Waals surface area contributed by atoms with Gasteiger partial charge in [-0.15, -0.1) is 0 Å². The van der Waals surface area contributed by atoms with Gasteiger partial charge in [0.1, 0.15) is 17.0 Å². The van der Waals surface area contributed by atoms with Gasteiger partial charge in [0.05, 0.1) is 0 Å². The van der Waals surface area contributed by atoms with E-state index in [2.05, 4.69) is 25.1 Å². The van der Waals surface area contributed by atoms with E-state index < -0.39 is 5.97 Å². The van der Waals surface area contributed by atoms with Gasteiger partial charge in [0, 0.05) is 32.1 Å². The number of carbonyl (C=O) groups is 1. The average Bonchev–Trinajstić information content (AvgIpc) is 3.01. The number of nitrogens with two attached hydrogens (primary N) is 1. The average molecular weight is 355 g/mol. The molecule has 0 spiro atoms. The minimum atomic E-state index is -0.596. The first-order chi connectivity index (χ1) is 12.5. The van der Waals surface area contributed by atoms with Crippen molar-refractivity contribution in [1.82, 2.24) is 25.1 Å². The zero-order valence-electron chi connectivity index (χ0n) is 14.5. The van der Waals surface area contributed by atoms with Crippen molar-refractivity contribution in [2.45, 2.75) is 13.5 Å². The molecule has 3 rings (SSSR count). The molecule has 3 heterocycles. The smallest absolute Gasteiger partial charge is 0.344 e. The Bertz CT molecular complexity index is 925. The van der Waals surface area contributed by atoms with Crippen molar-refractivity contribution in [2.24, 2.45) is 0 Å². The van der Waals surface area contributed by atoms with Crippen molar-refractivity contribution in [3.63, 3.8) is 0 Å². The molecule has 2 N–H and O–H groups in total. The van der Waals surface area contributed by atoms with Gasteiger partial charge in [-0.1, -0.05) is 5.16 Å². The summed E-state index contributed by atoms with van der Waals surface area (Å²) in [5.74, 6) is 0.427. The minimum Gasteiger partial charge on any atom is -0.454 e. The molecule has 0 bridgehead atoms. The summed E-state index contributed by atoms with van der Waals surface area (Å²) >= 11 is 0. The molecule has 0 radical (unpaired) electrons. The molecule has 0 atom stereocenters. The summed E-state index contributed by atoms with van der Waals surface area (Å²) in [6.45, 7) is 1.48. The number of nitrogen functional groups attached to an aromatic ring is 1. The highest BCUT2D eigenvalue weighted by molar-refractivity contribution is 5.97. The van der Waals surface area contributed by atoms with Gasteiger partial charge in [-0.25, -0.2) is 4.79 Å². The van der Waals surface area contributed by atoms with Crippen molar-refractivity contribution >= 4 is 17.9 Å². The predicted octanol–water partition coefficient (Wildman–Crippen LogP) is 1.24. The summed E-state index contributed by atoms with van der Waals surface area (Å²) in [4.78, 5) is 30.3. The molecule has 10 nitrogen and oxygen atoms in total. The number of carbonyl (C=O) groups excluding carboxylic acids is 1. The van der Waals surface area contributed by atoms with Gasteiger partial charge in [-0.05, 0) is 19.1 Å². The fourth-order valence-corrected chi connectivity index (χ4v) is 2.21. The minimum absolute atomic E-state index is 0.0494. The molecule has 0 aliphatic carbocycles. The van der Waals surface area contributed by atoms with Crippen LogP contribution in [-0.2, 0) is 11.3 Å². The van der Waals surface area contributed by atoms with Crippen LogP contribution in [0.2, 0.25) is 0 Å². The third-order valence-corrected chi connectivity index (χ3v) is 3.44. The number of hydrogen-bond acceptors (Lipinski definition) is 10. The van der Waals surface area contributed by atoms with Gasteiger partial charge in [0.15, 0.2) is 12.4 Å². The summed E-state index contributed by atoms with van der Waals surface area (Å²) in [5.41, 5.74) is 6.99. The fourth-order valence-electron chi connectivity index (χ4n) is 2.21. The number of aromatic nitrogens is 5. The fraction of sp³-hybridized carbons (Fsp3) is 0.250. The van der Waals surface area contributed by atoms with Gasteiger partial charge < -0.3 is 19.9 Å². The quantitative estimate of drug-likeness (QED) is 0.666. The van der Waals surface area contributed by atoms with Gasteiger partial charge in [0.2, 0.25) is 11.9 Å². The van der Waals surface area contributed by atoms with Gasteiger partial charge in [-0.3, -0.25) is 4.98 Å². The van der Waals surface area contributed by atoms with Gasteiger partial charge in [-0.2, -0.15) is 15.0 Å². The molecule has 0 unspecified atom stereocenters. The Morgan fingerprint density at radius 2 is 1.96 bits per heavy atom. The van der Waals surface area contributed by atoms with Crippen molar-refractivity contribution in [3.05, 3.63) is 41.7 Å². The molecule has 0 aromatic carbocycles. The molecular formula is C16H17N7O3. The highest BCUT2D eigenvalue weighted by atomic mass is 16.5. The monoisotopic (exact) mass is 355 g/mol. The number of pyridine rings is 1. The number of hydrogen-bond donors (Lipinski definition) is 1. The molecule has 0 aliphatic rings. The molecule has 0 saturated carbocycles. The maximum absolute atomic E-state index is 12.5. The lowest BCUT2D eigenvalue weighted by molar-refractivity contribution is 0.0461. The van der Waals surface area contributed by atoms with Crippen LogP contribution in [0.4, 0.5) is 11.9 Å². The van der Waals surface area contributed by atoms with E-state index in [0.29, 0.717) is 23.0 Å². The molecule has 3 aromatic rings. The van der Waals surface area contributed by atoms with E-state index in [1.165, 1.54) is 0 Å². The van der Waals surface area contributed by atoms with E-state index in [9.17, 15) is 4.79 Å². The van der Waals surface area contributed by atoms with Crippen LogP contribution in [0.25, 0.3) is 11.3 Å². The van der Waals surface area contributed by atoms with E-state index >= 15 is 0 Å². The number of nitrogens with zero attached hydrogens (tertiary/aromatic N) is 6. The molecule has 10 heteroatoms.